The van der Waals surface area contributed by atoms with E-state index in [9.17, 15) is 4.79 Å². The summed E-state index contributed by atoms with van der Waals surface area (Å²) in [4.78, 5) is 23.9. The van der Waals surface area contributed by atoms with Crippen LogP contribution in [0, 0.1) is 13.8 Å². The van der Waals surface area contributed by atoms with Crippen molar-refractivity contribution in [2.45, 2.75) is 90.5 Å². The standard InChI is InChI=1S/C24H36N6O/c1-18-21(12-13-24(31)27-20-10-6-3-4-7-11-20)19(2)30(28-18)23-16-22(25-17-26-23)29-14-8-5-9-15-29/h16-17,20H,3-15H2,1-2H3,(H,27,31). The highest BCUT2D eigenvalue weighted by atomic mass is 16.1. The van der Waals surface area contributed by atoms with Gasteiger partial charge in [-0.15, -0.1) is 0 Å². The minimum Gasteiger partial charge on any atom is -0.356 e. The Bertz CT molecular complexity index is 878. The number of nitrogens with zero attached hydrogens (tertiary/aromatic N) is 5. The summed E-state index contributed by atoms with van der Waals surface area (Å²) in [6, 6.07) is 2.39. The Hall–Kier alpha value is -2.44. The molecule has 1 amide bonds. The summed E-state index contributed by atoms with van der Waals surface area (Å²) in [6.45, 7) is 6.19. The quantitative estimate of drug-likeness (QED) is 0.708. The zero-order valence-electron chi connectivity index (χ0n) is 19.1. The molecule has 0 radical (unpaired) electrons. The molecular weight excluding hydrogens is 388 g/mol. The Morgan fingerprint density at radius 1 is 1.00 bits per heavy atom. The number of carbonyl (C=O) groups excluding carboxylic acids is 1. The van der Waals surface area contributed by atoms with Crippen molar-refractivity contribution >= 4 is 11.7 Å². The number of aromatic nitrogens is 4. The monoisotopic (exact) mass is 424 g/mol. The van der Waals surface area contributed by atoms with Gasteiger partial charge in [0.1, 0.15) is 12.1 Å². The van der Waals surface area contributed by atoms with Gasteiger partial charge in [0.15, 0.2) is 5.82 Å². The van der Waals surface area contributed by atoms with Gasteiger partial charge in [-0.1, -0.05) is 25.7 Å². The zero-order chi connectivity index (χ0) is 21.6. The molecule has 0 unspecified atom stereocenters. The summed E-state index contributed by atoms with van der Waals surface area (Å²) in [6.07, 6.45) is 13.9. The van der Waals surface area contributed by atoms with Crippen LogP contribution in [-0.2, 0) is 11.2 Å². The SMILES string of the molecule is Cc1nn(-c2cc(N3CCCCC3)ncn2)c(C)c1CCC(=O)NC1CCCCCC1. The fraction of sp³-hybridized carbons (Fsp3) is 0.667. The Morgan fingerprint density at radius 2 is 1.68 bits per heavy atom. The first kappa shape index (κ1) is 21.8. The van der Waals surface area contributed by atoms with Crippen LogP contribution in [-0.4, -0.2) is 44.8 Å². The highest BCUT2D eigenvalue weighted by Crippen LogP contribution is 2.23. The molecule has 2 fully saturated rings. The average Bonchev–Trinajstić information content (AvgIpc) is 2.94. The number of rotatable bonds is 6. The number of nitrogens with one attached hydrogen (secondary N) is 1. The third-order valence-electron chi connectivity index (χ3n) is 6.80. The van der Waals surface area contributed by atoms with Crippen molar-refractivity contribution in [2.24, 2.45) is 0 Å². The Labute approximate surface area is 185 Å². The summed E-state index contributed by atoms with van der Waals surface area (Å²) in [5.41, 5.74) is 3.18. The molecule has 2 aliphatic rings. The lowest BCUT2D eigenvalue weighted by atomic mass is 10.1. The van der Waals surface area contributed by atoms with Crippen LogP contribution in [0.2, 0.25) is 0 Å². The van der Waals surface area contributed by atoms with E-state index in [1.807, 2.05) is 17.7 Å². The number of aryl methyl sites for hydroxylation is 1. The summed E-state index contributed by atoms with van der Waals surface area (Å²) in [7, 11) is 0. The van der Waals surface area contributed by atoms with Crippen LogP contribution in [0.3, 0.4) is 0 Å². The molecule has 1 N–H and O–H groups in total. The van der Waals surface area contributed by atoms with E-state index >= 15 is 0 Å². The molecule has 4 rings (SSSR count). The second-order valence-corrected chi connectivity index (χ2v) is 9.10. The van der Waals surface area contributed by atoms with E-state index in [0.717, 1.165) is 54.5 Å². The van der Waals surface area contributed by atoms with Gasteiger partial charge in [0.05, 0.1) is 5.69 Å². The lowest BCUT2D eigenvalue weighted by molar-refractivity contribution is -0.121. The van der Waals surface area contributed by atoms with Crippen LogP contribution in [0.1, 0.15) is 81.2 Å². The molecule has 1 saturated heterocycles. The van der Waals surface area contributed by atoms with Crippen LogP contribution in [0.15, 0.2) is 12.4 Å². The molecule has 0 spiro atoms. The van der Waals surface area contributed by atoms with Crippen molar-refractivity contribution < 1.29 is 4.79 Å². The molecule has 3 heterocycles. The van der Waals surface area contributed by atoms with Crippen LogP contribution < -0.4 is 10.2 Å². The first-order valence-electron chi connectivity index (χ1n) is 12.0. The van der Waals surface area contributed by atoms with Crippen LogP contribution in [0.5, 0.6) is 0 Å². The van der Waals surface area contributed by atoms with Gasteiger partial charge in [-0.05, 0) is 57.9 Å². The second kappa shape index (κ2) is 10.2. The molecule has 2 aromatic heterocycles. The van der Waals surface area contributed by atoms with Crippen molar-refractivity contribution in [3.8, 4) is 5.82 Å². The number of anilines is 1. The predicted octanol–water partition coefficient (Wildman–Crippen LogP) is 4.04. The first-order chi connectivity index (χ1) is 15.1. The van der Waals surface area contributed by atoms with Crippen LogP contribution >= 0.6 is 0 Å². The molecule has 0 atom stereocenters. The molecule has 1 aliphatic carbocycles. The summed E-state index contributed by atoms with van der Waals surface area (Å²) >= 11 is 0. The van der Waals surface area contributed by atoms with E-state index in [1.165, 1.54) is 44.9 Å². The van der Waals surface area contributed by atoms with E-state index in [4.69, 9.17) is 5.10 Å². The molecule has 31 heavy (non-hydrogen) atoms. The molecule has 168 valence electrons. The van der Waals surface area contributed by atoms with E-state index in [0.29, 0.717) is 18.9 Å². The van der Waals surface area contributed by atoms with Gasteiger partial charge in [0.25, 0.3) is 0 Å². The average molecular weight is 425 g/mol. The van der Waals surface area contributed by atoms with Crippen molar-refractivity contribution in [1.82, 2.24) is 25.1 Å². The Morgan fingerprint density at radius 3 is 2.42 bits per heavy atom. The lowest BCUT2D eigenvalue weighted by Gasteiger charge is -2.27. The third-order valence-corrected chi connectivity index (χ3v) is 6.80. The predicted molar refractivity (Wildman–Crippen MR) is 123 cm³/mol. The number of hydrogen-bond acceptors (Lipinski definition) is 5. The minimum atomic E-state index is 0.160. The van der Waals surface area contributed by atoms with E-state index in [2.05, 4.69) is 27.1 Å². The molecule has 7 heteroatoms. The minimum absolute atomic E-state index is 0.160. The summed E-state index contributed by atoms with van der Waals surface area (Å²) in [5.74, 6) is 1.93. The third kappa shape index (κ3) is 5.43. The van der Waals surface area contributed by atoms with Gasteiger partial charge >= 0.3 is 0 Å². The van der Waals surface area contributed by atoms with Gasteiger partial charge in [-0.2, -0.15) is 5.10 Å². The van der Waals surface area contributed by atoms with Gasteiger partial charge < -0.3 is 10.2 Å². The number of hydrogen-bond donors (Lipinski definition) is 1. The largest absolute Gasteiger partial charge is 0.356 e. The van der Waals surface area contributed by atoms with Crippen molar-refractivity contribution in [3.63, 3.8) is 0 Å². The first-order valence-corrected chi connectivity index (χ1v) is 12.0. The molecule has 0 bridgehead atoms. The smallest absolute Gasteiger partial charge is 0.220 e. The zero-order valence-corrected chi connectivity index (χ0v) is 19.1. The molecule has 0 aromatic carbocycles. The fourth-order valence-electron chi connectivity index (χ4n) is 4.97. The van der Waals surface area contributed by atoms with Gasteiger partial charge in [0.2, 0.25) is 5.91 Å². The summed E-state index contributed by atoms with van der Waals surface area (Å²) < 4.78 is 1.91. The van der Waals surface area contributed by atoms with Crippen molar-refractivity contribution in [3.05, 3.63) is 29.3 Å². The molecule has 7 nitrogen and oxygen atoms in total. The summed E-state index contributed by atoms with van der Waals surface area (Å²) in [5, 5.41) is 8.01. The second-order valence-electron chi connectivity index (χ2n) is 9.10. The maximum absolute atomic E-state index is 12.6. The molecule has 1 aliphatic heterocycles. The Balaban J connectivity index is 1.42. The molecule has 1 saturated carbocycles. The molecular formula is C24H36N6O. The molecule has 2 aromatic rings. The van der Waals surface area contributed by atoms with Crippen molar-refractivity contribution in [1.29, 1.82) is 0 Å². The normalized spacial score (nSPS) is 18.1. The topological polar surface area (TPSA) is 75.9 Å². The number of carbonyl (C=O) groups is 1. The van der Waals surface area contributed by atoms with Crippen LogP contribution in [0.4, 0.5) is 5.82 Å². The van der Waals surface area contributed by atoms with Crippen LogP contribution in [0.25, 0.3) is 5.82 Å². The maximum atomic E-state index is 12.6. The highest BCUT2D eigenvalue weighted by Gasteiger charge is 2.19. The van der Waals surface area contributed by atoms with E-state index in [-0.39, 0.29) is 5.91 Å². The number of amides is 1. The van der Waals surface area contributed by atoms with Gasteiger partial charge in [-0.3, -0.25) is 4.79 Å². The van der Waals surface area contributed by atoms with E-state index in [1.54, 1.807) is 6.33 Å². The maximum Gasteiger partial charge on any atom is 0.220 e. The lowest BCUT2D eigenvalue weighted by Crippen LogP contribution is -2.34. The van der Waals surface area contributed by atoms with Gasteiger partial charge in [0, 0.05) is 37.3 Å². The van der Waals surface area contributed by atoms with Gasteiger partial charge in [-0.25, -0.2) is 14.6 Å². The number of piperidine rings is 1. The van der Waals surface area contributed by atoms with Crippen molar-refractivity contribution in [2.75, 3.05) is 18.0 Å². The highest BCUT2D eigenvalue weighted by molar-refractivity contribution is 5.76. The van der Waals surface area contributed by atoms with E-state index < -0.39 is 0 Å². The Kier molecular flexibility index (Phi) is 7.20. The fourth-order valence-corrected chi connectivity index (χ4v) is 4.97.